The predicted octanol–water partition coefficient (Wildman–Crippen LogP) is 7.44. The summed E-state index contributed by atoms with van der Waals surface area (Å²) < 4.78 is 7.15. The first-order valence-electron chi connectivity index (χ1n) is 10.7. The second-order valence-corrected chi connectivity index (χ2v) is 9.45. The van der Waals surface area contributed by atoms with Crippen molar-refractivity contribution in [2.75, 3.05) is 19.7 Å². The molecule has 31 heavy (non-hydrogen) atoms. The Bertz CT molecular complexity index is 997. The number of likely N-dealkylation sites (tertiary alicyclic amines) is 1. The van der Waals surface area contributed by atoms with Crippen LogP contribution in [0.5, 0.6) is 0 Å². The van der Waals surface area contributed by atoms with Gasteiger partial charge in [-0.25, -0.2) is 4.79 Å². The van der Waals surface area contributed by atoms with Crippen LogP contribution in [0.25, 0.3) is 5.57 Å². The fraction of sp³-hybridized carbons (Fsp3) is 0.417. The van der Waals surface area contributed by atoms with E-state index >= 15 is 0 Å². The van der Waals surface area contributed by atoms with Gasteiger partial charge in [-0.15, -0.1) is 0 Å². The Morgan fingerprint density at radius 1 is 1.10 bits per heavy atom. The van der Waals surface area contributed by atoms with Crippen molar-refractivity contribution in [1.82, 2.24) is 9.88 Å². The van der Waals surface area contributed by atoms with Gasteiger partial charge in [0.15, 0.2) is 0 Å². The van der Waals surface area contributed by atoms with Gasteiger partial charge in [0.25, 0.3) is 0 Å². The lowest BCUT2D eigenvalue weighted by Crippen LogP contribution is -2.37. The van der Waals surface area contributed by atoms with Gasteiger partial charge >= 0.3 is 6.09 Å². The average Bonchev–Trinajstić information content (AvgIpc) is 2.92. The third-order valence-electron chi connectivity index (χ3n) is 5.47. The number of carbonyl (C=O) groups is 1. The molecule has 4 nitrogen and oxygen atoms in total. The van der Waals surface area contributed by atoms with Gasteiger partial charge in [0.05, 0.1) is 12.3 Å². The molecular formula is C24H27Br2ClN2O2. The summed E-state index contributed by atoms with van der Waals surface area (Å²) >= 11 is 13.7. The van der Waals surface area contributed by atoms with E-state index in [4.69, 9.17) is 21.3 Å². The Morgan fingerprint density at radius 3 is 2.45 bits per heavy atom. The van der Waals surface area contributed by atoms with Crippen molar-refractivity contribution in [3.8, 4) is 0 Å². The fourth-order valence-corrected chi connectivity index (χ4v) is 5.61. The van der Waals surface area contributed by atoms with Gasteiger partial charge in [-0.3, -0.25) is 4.98 Å². The first kappa shape index (κ1) is 24.3. The minimum Gasteiger partial charge on any atom is -0.450 e. The number of benzene rings is 1. The number of fused-ring (bicyclic) bond motifs is 2. The van der Waals surface area contributed by atoms with E-state index < -0.39 is 0 Å². The number of piperidine rings is 1. The molecular weight excluding hydrogens is 544 g/mol. The van der Waals surface area contributed by atoms with Crippen molar-refractivity contribution in [2.24, 2.45) is 0 Å². The molecule has 1 aromatic carbocycles. The normalized spacial score (nSPS) is 15.4. The molecule has 2 aliphatic rings. The molecule has 0 radical (unpaired) electrons. The molecule has 0 bridgehead atoms. The van der Waals surface area contributed by atoms with Crippen LogP contribution in [0.2, 0.25) is 5.02 Å². The number of aryl methyl sites for hydroxylation is 2. The Labute approximate surface area is 206 Å². The summed E-state index contributed by atoms with van der Waals surface area (Å²) in [5.74, 6) is 0. The van der Waals surface area contributed by atoms with Gasteiger partial charge in [0, 0.05) is 44.4 Å². The zero-order valence-electron chi connectivity index (χ0n) is 18.1. The second-order valence-electron chi connectivity index (χ2n) is 7.25. The molecule has 1 aliphatic heterocycles. The molecule has 0 spiro atoms. The Kier molecular flexibility index (Phi) is 8.59. The smallest absolute Gasteiger partial charge is 0.409 e. The number of amides is 1. The zero-order valence-corrected chi connectivity index (χ0v) is 22.0. The molecule has 0 N–H and O–H groups in total. The summed E-state index contributed by atoms with van der Waals surface area (Å²) in [4.78, 5) is 18.7. The van der Waals surface area contributed by atoms with Crippen LogP contribution in [0, 0.1) is 0 Å². The zero-order chi connectivity index (χ0) is 22.5. The van der Waals surface area contributed by atoms with E-state index in [1.807, 2.05) is 33.0 Å². The van der Waals surface area contributed by atoms with E-state index in [0.717, 1.165) is 45.3 Å². The quantitative estimate of drug-likeness (QED) is 0.358. The average molecular weight is 571 g/mol. The van der Waals surface area contributed by atoms with Crippen molar-refractivity contribution in [3.63, 3.8) is 0 Å². The molecule has 1 fully saturated rings. The van der Waals surface area contributed by atoms with Crippen molar-refractivity contribution >= 4 is 55.1 Å². The molecule has 7 heteroatoms. The highest BCUT2D eigenvalue weighted by atomic mass is 79.9. The molecule has 2 heterocycles. The highest BCUT2D eigenvalue weighted by molar-refractivity contribution is 9.10. The van der Waals surface area contributed by atoms with Gasteiger partial charge in [0.2, 0.25) is 0 Å². The number of hydrogen-bond acceptors (Lipinski definition) is 3. The number of hydrogen-bond donors (Lipinski definition) is 0. The molecule has 1 aromatic heterocycles. The maximum atomic E-state index is 12.1. The van der Waals surface area contributed by atoms with Crippen LogP contribution in [0.15, 0.2) is 38.9 Å². The predicted molar refractivity (Wildman–Crippen MR) is 134 cm³/mol. The second kappa shape index (κ2) is 11.0. The SMILES string of the molecule is CC.CCOC(=O)N1CCC(=C2c3ncc(Br)cc3CCc3cc(Cl)cc(Br)c32)CC1. The molecule has 0 unspecified atom stereocenters. The summed E-state index contributed by atoms with van der Waals surface area (Å²) in [7, 11) is 0. The van der Waals surface area contributed by atoms with Crippen LogP contribution >= 0.6 is 43.5 Å². The van der Waals surface area contributed by atoms with E-state index in [1.165, 1.54) is 27.8 Å². The van der Waals surface area contributed by atoms with Gasteiger partial charge in [-0.2, -0.15) is 0 Å². The van der Waals surface area contributed by atoms with Crippen molar-refractivity contribution in [1.29, 1.82) is 0 Å². The summed E-state index contributed by atoms with van der Waals surface area (Å²) in [5, 5.41) is 0.734. The van der Waals surface area contributed by atoms with Gasteiger partial charge in [-0.05, 0) is 77.9 Å². The molecule has 4 rings (SSSR count). The minimum atomic E-state index is -0.228. The Balaban J connectivity index is 0.00000132. The number of ether oxygens (including phenoxy) is 1. The van der Waals surface area contributed by atoms with E-state index in [-0.39, 0.29) is 6.09 Å². The number of carbonyl (C=O) groups excluding carboxylic acids is 1. The maximum absolute atomic E-state index is 12.1. The lowest BCUT2D eigenvalue weighted by atomic mass is 9.88. The summed E-state index contributed by atoms with van der Waals surface area (Å²) in [6.07, 6.45) is 5.06. The summed E-state index contributed by atoms with van der Waals surface area (Å²) in [5.41, 5.74) is 7.19. The monoisotopic (exact) mass is 568 g/mol. The molecule has 0 atom stereocenters. The number of pyridine rings is 1. The van der Waals surface area contributed by atoms with Crippen molar-refractivity contribution in [2.45, 2.75) is 46.5 Å². The van der Waals surface area contributed by atoms with E-state index in [2.05, 4.69) is 44.0 Å². The summed E-state index contributed by atoms with van der Waals surface area (Å²) in [6, 6.07) is 6.19. The number of halogens is 3. The van der Waals surface area contributed by atoms with E-state index in [0.29, 0.717) is 19.7 Å². The minimum absolute atomic E-state index is 0.228. The van der Waals surface area contributed by atoms with Gasteiger partial charge < -0.3 is 9.64 Å². The fourth-order valence-electron chi connectivity index (χ4n) is 4.16. The van der Waals surface area contributed by atoms with Gasteiger partial charge in [-0.1, -0.05) is 47.0 Å². The molecule has 0 saturated carbocycles. The first-order chi connectivity index (χ1) is 15.0. The molecule has 166 valence electrons. The molecule has 1 saturated heterocycles. The van der Waals surface area contributed by atoms with E-state index in [1.54, 1.807) is 4.90 Å². The van der Waals surface area contributed by atoms with Crippen LogP contribution in [0.1, 0.15) is 56.0 Å². The lowest BCUT2D eigenvalue weighted by molar-refractivity contribution is 0.104. The standard InChI is InChI=1S/C22H21Br2ClN2O2.C2H6/c1-2-29-22(28)27-7-5-13(6-8-27)20-19-14(10-17(25)11-18(19)24)3-4-15-9-16(23)12-26-21(15)20;1-2/h9-12H,2-8H2,1H3;1-2H3. The van der Waals surface area contributed by atoms with Crippen LogP contribution in [0.3, 0.4) is 0 Å². The number of aromatic nitrogens is 1. The first-order valence-corrected chi connectivity index (χ1v) is 12.7. The third kappa shape index (κ3) is 5.35. The number of rotatable bonds is 1. The molecule has 1 aliphatic carbocycles. The molecule has 2 aromatic rings. The van der Waals surface area contributed by atoms with Crippen LogP contribution in [-0.2, 0) is 17.6 Å². The highest BCUT2D eigenvalue weighted by Gasteiger charge is 2.28. The third-order valence-corrected chi connectivity index (χ3v) is 6.74. The Morgan fingerprint density at radius 2 is 1.77 bits per heavy atom. The Hall–Kier alpha value is -1.37. The maximum Gasteiger partial charge on any atom is 0.409 e. The summed E-state index contributed by atoms with van der Waals surface area (Å²) in [6.45, 7) is 7.55. The van der Waals surface area contributed by atoms with Crippen LogP contribution in [-0.4, -0.2) is 35.7 Å². The van der Waals surface area contributed by atoms with Crippen molar-refractivity contribution in [3.05, 3.63) is 66.3 Å². The van der Waals surface area contributed by atoms with Crippen LogP contribution < -0.4 is 0 Å². The van der Waals surface area contributed by atoms with Crippen molar-refractivity contribution < 1.29 is 9.53 Å². The van der Waals surface area contributed by atoms with Crippen LogP contribution in [0.4, 0.5) is 4.79 Å². The lowest BCUT2D eigenvalue weighted by Gasteiger charge is -2.29. The highest BCUT2D eigenvalue weighted by Crippen LogP contribution is 2.42. The largest absolute Gasteiger partial charge is 0.450 e. The topological polar surface area (TPSA) is 42.4 Å². The molecule has 1 amide bonds. The van der Waals surface area contributed by atoms with Gasteiger partial charge in [0.1, 0.15) is 0 Å². The number of nitrogens with zero attached hydrogens (tertiary/aromatic N) is 2. The van der Waals surface area contributed by atoms with E-state index in [9.17, 15) is 4.79 Å².